The zero-order valence-corrected chi connectivity index (χ0v) is 16.4. The van der Waals surface area contributed by atoms with E-state index >= 15 is 0 Å². The molecule has 1 saturated carbocycles. The Bertz CT molecular complexity index is 1260. The van der Waals surface area contributed by atoms with Crippen LogP contribution in [0.15, 0.2) is 55.0 Å². The molecule has 1 aliphatic carbocycles. The third kappa shape index (κ3) is 3.68. The molecule has 0 bridgehead atoms. The summed E-state index contributed by atoms with van der Waals surface area (Å²) in [5.74, 6) is 0.441. The fraction of sp³-hybridized carbons (Fsp3) is 0.143. The van der Waals surface area contributed by atoms with Crippen LogP contribution in [0.25, 0.3) is 27.7 Å². The molecule has 2 heterocycles. The van der Waals surface area contributed by atoms with Crippen molar-refractivity contribution in [1.82, 2.24) is 20.0 Å². The first-order valence-corrected chi connectivity index (χ1v) is 9.77. The predicted octanol–water partition coefficient (Wildman–Crippen LogP) is 1.47. The summed E-state index contributed by atoms with van der Waals surface area (Å²) in [6.07, 6.45) is 6.96. The van der Waals surface area contributed by atoms with Gasteiger partial charge in [-0.05, 0) is 42.7 Å². The maximum Gasteiger partial charge on any atom is 0.565 e. The van der Waals surface area contributed by atoms with Crippen molar-refractivity contribution in [2.75, 3.05) is 5.73 Å². The number of rotatable bonds is 7. The van der Waals surface area contributed by atoms with E-state index in [2.05, 4.69) is 15.3 Å². The number of carbonyl (C=O) groups is 1. The van der Waals surface area contributed by atoms with Gasteiger partial charge in [-0.2, -0.15) is 15.3 Å². The lowest BCUT2D eigenvalue weighted by molar-refractivity contribution is -0.121. The largest absolute Gasteiger partial charge is 0.565 e. The van der Waals surface area contributed by atoms with Gasteiger partial charge >= 0.3 is 7.12 Å². The Balaban J connectivity index is 1.72. The molecule has 0 unspecified atom stereocenters. The second-order valence-corrected chi connectivity index (χ2v) is 7.29. The first-order valence-electron chi connectivity index (χ1n) is 9.77. The minimum absolute atomic E-state index is 0.0809. The average molecular weight is 415 g/mol. The van der Waals surface area contributed by atoms with E-state index in [0.717, 1.165) is 35.0 Å². The minimum atomic E-state index is -1.47. The Morgan fingerprint density at radius 1 is 1.26 bits per heavy atom. The van der Waals surface area contributed by atoms with Gasteiger partial charge < -0.3 is 20.1 Å². The second-order valence-electron chi connectivity index (χ2n) is 7.29. The maximum absolute atomic E-state index is 10.9. The number of hydrogen-bond donors (Lipinski definition) is 2. The Morgan fingerprint density at radius 3 is 2.87 bits per heavy atom. The molecule has 0 saturated heterocycles. The van der Waals surface area contributed by atoms with E-state index in [4.69, 9.17) is 15.1 Å². The summed E-state index contributed by atoms with van der Waals surface area (Å²) in [5.41, 5.74) is 9.80. The number of nitrogen functional groups attached to an aromatic ring is 1. The van der Waals surface area contributed by atoms with E-state index in [-0.39, 0.29) is 12.6 Å². The number of benzene rings is 2. The van der Waals surface area contributed by atoms with Crippen molar-refractivity contribution in [1.29, 1.82) is 0 Å². The Kier molecular flexibility index (Phi) is 4.75. The normalized spacial score (nSPS) is 13.2. The minimum Gasteiger partial charge on any atom is -0.508 e. The van der Waals surface area contributed by atoms with Crippen molar-refractivity contribution >= 4 is 35.6 Å². The smallest absolute Gasteiger partial charge is 0.508 e. The van der Waals surface area contributed by atoms with Crippen LogP contribution < -0.4 is 15.9 Å². The van der Waals surface area contributed by atoms with Crippen LogP contribution in [-0.4, -0.2) is 44.7 Å². The van der Waals surface area contributed by atoms with Gasteiger partial charge in [0.2, 0.25) is 0 Å². The SMILES string of the molecule is Nc1cnnc2cc(-c3cc(B(O)OC=O)c(OC4CC4)cc3-n3cccn3)ccc12. The molecule has 2 aromatic heterocycles. The van der Waals surface area contributed by atoms with Crippen molar-refractivity contribution < 1.29 is 19.2 Å². The molecule has 0 radical (unpaired) electrons. The van der Waals surface area contributed by atoms with Crippen molar-refractivity contribution in [2.45, 2.75) is 18.9 Å². The fourth-order valence-corrected chi connectivity index (χ4v) is 3.45. The van der Waals surface area contributed by atoms with Gasteiger partial charge in [-0.25, -0.2) is 4.68 Å². The number of carbonyl (C=O) groups excluding carboxylic acids is 1. The van der Waals surface area contributed by atoms with Crippen molar-refractivity contribution in [3.8, 4) is 22.6 Å². The number of fused-ring (bicyclic) bond motifs is 1. The number of aromatic nitrogens is 4. The molecular weight excluding hydrogens is 397 g/mol. The van der Waals surface area contributed by atoms with Crippen molar-refractivity contribution in [3.05, 3.63) is 55.0 Å². The average Bonchev–Trinajstić information content (AvgIpc) is 3.42. The maximum atomic E-state index is 10.9. The third-order valence-corrected chi connectivity index (χ3v) is 5.13. The van der Waals surface area contributed by atoms with Crippen LogP contribution in [0.2, 0.25) is 0 Å². The number of ether oxygens (including phenoxy) is 1. The van der Waals surface area contributed by atoms with Gasteiger partial charge in [-0.15, -0.1) is 0 Å². The number of nitrogens with zero attached hydrogens (tertiary/aromatic N) is 4. The summed E-state index contributed by atoms with van der Waals surface area (Å²) in [6, 6.07) is 11.0. The molecule has 0 amide bonds. The van der Waals surface area contributed by atoms with E-state index in [1.165, 1.54) is 6.20 Å². The molecular formula is C21H18BN5O4. The van der Waals surface area contributed by atoms with E-state index in [1.807, 2.05) is 30.5 Å². The molecule has 154 valence electrons. The molecule has 10 heteroatoms. The summed E-state index contributed by atoms with van der Waals surface area (Å²) in [4.78, 5) is 10.9. The van der Waals surface area contributed by atoms with Crippen LogP contribution in [0.3, 0.4) is 0 Å². The van der Waals surface area contributed by atoms with Crippen molar-refractivity contribution in [3.63, 3.8) is 0 Å². The molecule has 5 rings (SSSR count). The summed E-state index contributed by atoms with van der Waals surface area (Å²) >= 11 is 0. The molecule has 0 spiro atoms. The highest BCUT2D eigenvalue weighted by molar-refractivity contribution is 6.62. The van der Waals surface area contributed by atoms with Gasteiger partial charge in [0.1, 0.15) is 5.75 Å². The summed E-state index contributed by atoms with van der Waals surface area (Å²) < 4.78 is 12.5. The van der Waals surface area contributed by atoms with E-state index in [9.17, 15) is 9.82 Å². The third-order valence-electron chi connectivity index (χ3n) is 5.13. The Labute approximate surface area is 177 Å². The van der Waals surface area contributed by atoms with Gasteiger partial charge in [-0.1, -0.05) is 6.07 Å². The van der Waals surface area contributed by atoms with Crippen LogP contribution in [0.5, 0.6) is 5.75 Å². The zero-order valence-electron chi connectivity index (χ0n) is 16.4. The van der Waals surface area contributed by atoms with Gasteiger partial charge in [0.25, 0.3) is 6.47 Å². The second kappa shape index (κ2) is 7.73. The topological polar surface area (TPSA) is 125 Å². The number of nitrogens with two attached hydrogens (primary N) is 1. The van der Waals surface area contributed by atoms with Gasteiger partial charge in [-0.3, -0.25) is 4.79 Å². The highest BCUT2D eigenvalue weighted by Gasteiger charge is 2.30. The molecule has 2 aromatic carbocycles. The summed E-state index contributed by atoms with van der Waals surface area (Å²) in [5, 5.41) is 23.7. The van der Waals surface area contributed by atoms with E-state index in [1.54, 1.807) is 23.0 Å². The molecule has 1 fully saturated rings. The van der Waals surface area contributed by atoms with Crippen LogP contribution in [0.4, 0.5) is 5.69 Å². The van der Waals surface area contributed by atoms with Crippen LogP contribution in [-0.2, 0) is 9.45 Å². The van der Waals surface area contributed by atoms with Gasteiger partial charge in [0.05, 0.1) is 29.2 Å². The number of hydrogen-bond acceptors (Lipinski definition) is 8. The van der Waals surface area contributed by atoms with Gasteiger partial charge in [0.15, 0.2) is 0 Å². The molecule has 1 aliphatic rings. The lowest BCUT2D eigenvalue weighted by Crippen LogP contribution is -2.35. The molecule has 4 aromatic rings. The Morgan fingerprint density at radius 2 is 2.13 bits per heavy atom. The highest BCUT2D eigenvalue weighted by atomic mass is 16.6. The van der Waals surface area contributed by atoms with Crippen molar-refractivity contribution in [2.24, 2.45) is 0 Å². The van der Waals surface area contributed by atoms with Crippen LogP contribution in [0.1, 0.15) is 12.8 Å². The van der Waals surface area contributed by atoms with E-state index in [0.29, 0.717) is 22.4 Å². The molecule has 0 aliphatic heterocycles. The standard InChI is InChI=1S/C21H18BN5O4/c23-18-11-24-26-19-8-13(2-5-15(18)19)16-9-17(22(29)30-12-28)21(31-14-3-4-14)10-20(16)27-7-1-6-25-27/h1-2,5-12,14,29H,3-4H2,(H2,23,26). The molecule has 9 nitrogen and oxygen atoms in total. The van der Waals surface area contributed by atoms with E-state index < -0.39 is 7.12 Å². The highest BCUT2D eigenvalue weighted by Crippen LogP contribution is 2.34. The predicted molar refractivity (Wildman–Crippen MR) is 115 cm³/mol. The first kappa shape index (κ1) is 19.1. The lowest BCUT2D eigenvalue weighted by Gasteiger charge is -2.18. The molecule has 31 heavy (non-hydrogen) atoms. The van der Waals surface area contributed by atoms with Crippen LogP contribution >= 0.6 is 0 Å². The van der Waals surface area contributed by atoms with Crippen LogP contribution in [0, 0.1) is 0 Å². The Hall–Kier alpha value is -3.92. The van der Waals surface area contributed by atoms with Gasteiger partial charge in [0, 0.05) is 34.9 Å². The monoisotopic (exact) mass is 415 g/mol. The fourth-order valence-electron chi connectivity index (χ4n) is 3.45. The summed E-state index contributed by atoms with van der Waals surface area (Å²) in [7, 11) is -1.47. The lowest BCUT2D eigenvalue weighted by atomic mass is 9.77. The zero-order chi connectivity index (χ0) is 21.4. The molecule has 0 atom stereocenters. The molecule has 3 N–H and O–H groups in total. The first-order chi connectivity index (χ1) is 15.1. The summed E-state index contributed by atoms with van der Waals surface area (Å²) in [6.45, 7) is 0.209. The number of anilines is 1. The quantitative estimate of drug-likeness (QED) is 0.343.